The molecule has 7 nitrogen and oxygen atoms in total. The van der Waals surface area contributed by atoms with E-state index >= 15 is 0 Å². The quantitative estimate of drug-likeness (QED) is 0.553. The molecule has 2 aromatic heterocycles. The first-order valence-electron chi connectivity index (χ1n) is 7.94. The molecule has 0 radical (unpaired) electrons. The fourth-order valence-corrected chi connectivity index (χ4v) is 4.00. The van der Waals surface area contributed by atoms with E-state index in [1.54, 1.807) is 6.07 Å². The van der Waals surface area contributed by atoms with E-state index in [0.717, 1.165) is 13.2 Å². The lowest BCUT2D eigenvalue weighted by atomic mass is 10.2. The minimum atomic E-state index is -4.23. The van der Waals surface area contributed by atoms with Gasteiger partial charge < -0.3 is 9.47 Å². The van der Waals surface area contributed by atoms with Gasteiger partial charge >= 0.3 is 0 Å². The Morgan fingerprint density at radius 3 is 2.66 bits per heavy atom. The molecule has 12 heteroatoms. The van der Waals surface area contributed by atoms with Gasteiger partial charge in [-0.3, -0.25) is 4.72 Å². The molecule has 0 aliphatic carbocycles. The zero-order valence-electron chi connectivity index (χ0n) is 14.7. The number of sulfonamides is 1. The molecule has 3 rings (SSSR count). The maximum absolute atomic E-state index is 14.2. The number of benzene rings is 1. The lowest BCUT2D eigenvalue weighted by molar-refractivity contribution is 0.0770. The van der Waals surface area contributed by atoms with E-state index in [4.69, 9.17) is 16.3 Å². The van der Waals surface area contributed by atoms with E-state index in [1.807, 2.05) is 0 Å². The van der Waals surface area contributed by atoms with Crippen LogP contribution in [0.25, 0.3) is 10.8 Å². The highest BCUT2D eigenvalue weighted by Crippen LogP contribution is 2.32. The summed E-state index contributed by atoms with van der Waals surface area (Å²) in [5.74, 6) is -2.25. The Labute approximate surface area is 168 Å². The number of aromatic nitrogens is 2. The van der Waals surface area contributed by atoms with Crippen molar-refractivity contribution in [2.45, 2.75) is 11.3 Å². The predicted molar refractivity (Wildman–Crippen MR) is 99.8 cm³/mol. The molecule has 0 aliphatic rings. The summed E-state index contributed by atoms with van der Waals surface area (Å²) in [5, 5.41) is 0.818. The summed E-state index contributed by atoms with van der Waals surface area (Å²) in [7, 11) is -3.08. The van der Waals surface area contributed by atoms with E-state index in [2.05, 4.69) is 19.4 Å². The molecule has 0 bridgehead atoms. The number of fused-ring (bicyclic) bond motifs is 1. The van der Waals surface area contributed by atoms with Crippen molar-refractivity contribution in [2.24, 2.45) is 0 Å². The number of anilines is 1. The molecule has 0 saturated heterocycles. The zero-order chi connectivity index (χ0) is 21.2. The van der Waals surface area contributed by atoms with Crippen LogP contribution in [0.15, 0.2) is 41.4 Å². The zero-order valence-corrected chi connectivity index (χ0v) is 16.3. The number of nitrogens with one attached hydrogen (secondary N) is 1. The third-order valence-corrected chi connectivity index (χ3v) is 5.42. The van der Waals surface area contributed by atoms with Crippen LogP contribution >= 0.6 is 11.6 Å². The number of ether oxygens (including phenoxy) is 2. The Bertz CT molecular complexity index is 1160. The van der Waals surface area contributed by atoms with Gasteiger partial charge in [-0.2, -0.15) is 4.98 Å². The van der Waals surface area contributed by atoms with Gasteiger partial charge in [-0.15, -0.1) is 0 Å². The summed E-state index contributed by atoms with van der Waals surface area (Å²) in [6.07, 6.45) is -1.49. The number of methoxy groups -OCH3 is 1. The van der Waals surface area contributed by atoms with Crippen molar-refractivity contribution < 1.29 is 31.1 Å². The van der Waals surface area contributed by atoms with Crippen molar-refractivity contribution in [1.82, 2.24) is 9.97 Å². The van der Waals surface area contributed by atoms with Crippen LogP contribution in [0.3, 0.4) is 0 Å². The van der Waals surface area contributed by atoms with Gasteiger partial charge in [0.2, 0.25) is 5.88 Å². The van der Waals surface area contributed by atoms with E-state index in [1.165, 1.54) is 24.4 Å². The SMILES string of the molecule is COc1nc(OCC(F)F)c(F)cc1NS(=O)(=O)c1cccc2c(Cl)nccc12. The van der Waals surface area contributed by atoms with Gasteiger partial charge in [0.05, 0.1) is 12.0 Å². The van der Waals surface area contributed by atoms with Crippen LogP contribution in [0, 0.1) is 5.82 Å². The fraction of sp³-hybridized carbons (Fsp3) is 0.176. The average Bonchev–Trinajstić information content (AvgIpc) is 2.67. The summed E-state index contributed by atoms with van der Waals surface area (Å²) in [6.45, 7) is -1.08. The van der Waals surface area contributed by atoms with Gasteiger partial charge in [0, 0.05) is 23.0 Å². The van der Waals surface area contributed by atoms with Gasteiger partial charge in [-0.1, -0.05) is 23.7 Å². The molecule has 3 aromatic rings. The van der Waals surface area contributed by atoms with Crippen molar-refractivity contribution in [2.75, 3.05) is 18.4 Å². The number of halogens is 4. The van der Waals surface area contributed by atoms with Crippen LogP contribution in [0.2, 0.25) is 5.15 Å². The second kappa shape index (κ2) is 8.29. The molecule has 2 heterocycles. The molecular formula is C17H13ClF3N3O4S. The molecule has 0 spiro atoms. The van der Waals surface area contributed by atoms with Crippen LogP contribution < -0.4 is 14.2 Å². The van der Waals surface area contributed by atoms with Crippen LogP contribution in [-0.4, -0.2) is 38.5 Å². The van der Waals surface area contributed by atoms with Crippen molar-refractivity contribution in [3.63, 3.8) is 0 Å². The maximum Gasteiger partial charge on any atom is 0.272 e. The highest BCUT2D eigenvalue weighted by molar-refractivity contribution is 7.93. The third-order valence-electron chi connectivity index (χ3n) is 3.70. The molecule has 0 fully saturated rings. The Kier molecular flexibility index (Phi) is 5.99. The topological polar surface area (TPSA) is 90.4 Å². The van der Waals surface area contributed by atoms with Crippen molar-refractivity contribution in [3.05, 3.63) is 47.5 Å². The van der Waals surface area contributed by atoms with Crippen molar-refractivity contribution in [3.8, 4) is 11.8 Å². The monoisotopic (exact) mass is 447 g/mol. The summed E-state index contributed by atoms with van der Waals surface area (Å²) >= 11 is 6.00. The molecule has 29 heavy (non-hydrogen) atoms. The van der Waals surface area contributed by atoms with Gasteiger partial charge in [0.15, 0.2) is 12.4 Å². The normalized spacial score (nSPS) is 11.7. The van der Waals surface area contributed by atoms with Gasteiger partial charge in [-0.25, -0.2) is 26.6 Å². The molecule has 0 aliphatic heterocycles. The van der Waals surface area contributed by atoms with Crippen LogP contribution in [0.4, 0.5) is 18.9 Å². The van der Waals surface area contributed by atoms with E-state index in [0.29, 0.717) is 10.8 Å². The molecule has 0 atom stereocenters. The summed E-state index contributed by atoms with van der Waals surface area (Å²) < 4.78 is 76.2. The number of nitrogens with zero attached hydrogens (tertiary/aromatic N) is 2. The Hall–Kier alpha value is -2.79. The van der Waals surface area contributed by atoms with Gasteiger partial charge in [0.25, 0.3) is 22.3 Å². The highest BCUT2D eigenvalue weighted by atomic mass is 35.5. The number of hydrogen-bond donors (Lipinski definition) is 1. The van der Waals surface area contributed by atoms with Gasteiger partial charge in [-0.05, 0) is 12.1 Å². The predicted octanol–water partition coefficient (Wildman–Crippen LogP) is 3.88. The maximum atomic E-state index is 14.2. The molecule has 0 saturated carbocycles. The minimum absolute atomic E-state index is 0.116. The van der Waals surface area contributed by atoms with Crippen molar-refractivity contribution >= 4 is 38.1 Å². The molecule has 154 valence electrons. The van der Waals surface area contributed by atoms with Gasteiger partial charge in [0.1, 0.15) is 10.8 Å². The Balaban J connectivity index is 2.01. The lowest BCUT2D eigenvalue weighted by Crippen LogP contribution is -2.16. The summed E-state index contributed by atoms with van der Waals surface area (Å²) in [4.78, 5) is 7.36. The number of alkyl halides is 2. The molecule has 0 unspecified atom stereocenters. The summed E-state index contributed by atoms with van der Waals surface area (Å²) in [5.41, 5.74) is -0.341. The molecule has 1 aromatic carbocycles. The van der Waals surface area contributed by atoms with E-state index < -0.39 is 34.8 Å². The minimum Gasteiger partial charge on any atom is -0.479 e. The standard InChI is InChI=1S/C17H13ClF3N3O4S/c1-27-17-12(7-11(19)16(23-17)28-8-14(20)21)24-29(25,26)13-4-2-3-10-9(13)5-6-22-15(10)18/h2-7,14,24H,8H2,1H3. The second-order valence-corrected chi connectivity index (χ2v) is 7.60. The second-order valence-electron chi connectivity index (χ2n) is 5.59. The molecule has 0 amide bonds. The van der Waals surface area contributed by atoms with Crippen LogP contribution in [0.1, 0.15) is 0 Å². The number of pyridine rings is 2. The smallest absolute Gasteiger partial charge is 0.272 e. The Morgan fingerprint density at radius 1 is 1.21 bits per heavy atom. The van der Waals surface area contributed by atoms with E-state index in [9.17, 15) is 21.6 Å². The van der Waals surface area contributed by atoms with Crippen LogP contribution in [-0.2, 0) is 10.0 Å². The third kappa shape index (κ3) is 4.46. The van der Waals surface area contributed by atoms with Crippen LogP contribution in [0.5, 0.6) is 11.8 Å². The Morgan fingerprint density at radius 2 is 1.97 bits per heavy atom. The number of rotatable bonds is 7. The average molecular weight is 448 g/mol. The number of hydrogen-bond acceptors (Lipinski definition) is 6. The highest BCUT2D eigenvalue weighted by Gasteiger charge is 2.23. The largest absolute Gasteiger partial charge is 0.479 e. The molecular weight excluding hydrogens is 435 g/mol. The first kappa shape index (κ1) is 20.9. The van der Waals surface area contributed by atoms with Crippen molar-refractivity contribution in [1.29, 1.82) is 0 Å². The first-order valence-corrected chi connectivity index (χ1v) is 9.80. The first-order chi connectivity index (χ1) is 13.7. The lowest BCUT2D eigenvalue weighted by Gasteiger charge is -2.14. The summed E-state index contributed by atoms with van der Waals surface area (Å²) in [6, 6.07) is 6.59. The van der Waals surface area contributed by atoms with E-state index in [-0.39, 0.29) is 21.6 Å². The fourth-order valence-electron chi connectivity index (χ4n) is 2.50. The molecule has 1 N–H and O–H groups in total.